The van der Waals surface area contributed by atoms with Gasteiger partial charge < -0.3 is 15.2 Å². The van der Waals surface area contributed by atoms with E-state index in [0.29, 0.717) is 5.56 Å². The van der Waals surface area contributed by atoms with Gasteiger partial charge in [0, 0.05) is 11.6 Å². The van der Waals surface area contributed by atoms with Gasteiger partial charge in [0.2, 0.25) is 5.75 Å². The van der Waals surface area contributed by atoms with Crippen LogP contribution in [0.5, 0.6) is 11.5 Å². The minimum atomic E-state index is -0.847. The number of methoxy groups -OCH3 is 1. The van der Waals surface area contributed by atoms with Crippen LogP contribution < -0.4 is 20.6 Å². The number of carbonyl (C=O) groups excluding carboxylic acids is 1. The number of nitrogens with zero attached hydrogens (tertiary/aromatic N) is 2. The van der Waals surface area contributed by atoms with Gasteiger partial charge in [-0.2, -0.15) is 5.10 Å². The van der Waals surface area contributed by atoms with Gasteiger partial charge >= 0.3 is 11.7 Å². The molecule has 26 heavy (non-hydrogen) atoms. The molecule has 3 N–H and O–H groups in total. The van der Waals surface area contributed by atoms with Crippen molar-refractivity contribution in [2.24, 2.45) is 10.8 Å². The van der Waals surface area contributed by atoms with Gasteiger partial charge in [-0.3, -0.25) is 10.1 Å². The lowest BCUT2D eigenvalue weighted by Crippen LogP contribution is -2.24. The number of nitrogens with one attached hydrogen (secondary N) is 1. The maximum absolute atomic E-state index is 11.4. The molecule has 2 amide bonds. The predicted molar refractivity (Wildman–Crippen MR) is 95.5 cm³/mol. The van der Waals surface area contributed by atoms with Crippen LogP contribution in [0.2, 0.25) is 0 Å². The van der Waals surface area contributed by atoms with Crippen LogP contribution in [0.15, 0.2) is 41.5 Å². The molecule has 2 aromatic carbocycles. The van der Waals surface area contributed by atoms with Gasteiger partial charge in [-0.1, -0.05) is 29.8 Å². The molecular weight excluding hydrogens is 340 g/mol. The van der Waals surface area contributed by atoms with E-state index in [4.69, 9.17) is 15.2 Å². The van der Waals surface area contributed by atoms with Gasteiger partial charge in [0.1, 0.15) is 6.61 Å². The Hall–Kier alpha value is -3.62. The molecule has 2 rings (SSSR count). The summed E-state index contributed by atoms with van der Waals surface area (Å²) in [6.45, 7) is 2.11. The van der Waals surface area contributed by atoms with Crippen molar-refractivity contribution >= 4 is 17.9 Å². The Labute approximate surface area is 149 Å². The number of primary amides is 1. The highest BCUT2D eigenvalue weighted by Gasteiger charge is 2.22. The molecule has 0 fully saturated rings. The quantitative estimate of drug-likeness (QED) is 0.446. The molecule has 0 heterocycles. The van der Waals surface area contributed by atoms with Crippen LogP contribution >= 0.6 is 0 Å². The number of hydrogen-bond donors (Lipinski definition) is 2. The molecule has 0 saturated heterocycles. The molecule has 9 heteroatoms. The lowest BCUT2D eigenvalue weighted by Gasteiger charge is -2.12. The van der Waals surface area contributed by atoms with Crippen LogP contribution in [0.4, 0.5) is 10.5 Å². The zero-order valence-corrected chi connectivity index (χ0v) is 14.3. The number of hydrogen-bond acceptors (Lipinski definition) is 6. The topological polar surface area (TPSA) is 129 Å². The predicted octanol–water partition coefficient (Wildman–Crippen LogP) is 2.49. The van der Waals surface area contributed by atoms with Crippen LogP contribution in [0, 0.1) is 17.0 Å². The first-order chi connectivity index (χ1) is 12.4. The average molecular weight is 358 g/mol. The molecule has 0 unspecified atom stereocenters. The van der Waals surface area contributed by atoms with Crippen molar-refractivity contribution in [3.63, 3.8) is 0 Å². The molecule has 0 bridgehead atoms. The molecule has 0 atom stereocenters. The zero-order valence-electron chi connectivity index (χ0n) is 14.3. The molecular formula is C17H18N4O5. The Bertz CT molecular complexity index is 834. The average Bonchev–Trinajstić information content (AvgIpc) is 2.60. The maximum Gasteiger partial charge on any atom is 0.332 e. The lowest BCUT2D eigenvalue weighted by molar-refractivity contribution is -0.386. The summed E-state index contributed by atoms with van der Waals surface area (Å²) in [6, 6.07) is 9.53. The number of nitrogens with two attached hydrogens (primary N) is 1. The van der Waals surface area contributed by atoms with Crippen molar-refractivity contribution < 1.29 is 19.2 Å². The van der Waals surface area contributed by atoms with Gasteiger partial charge in [-0.25, -0.2) is 10.2 Å². The standard InChI is InChI=1S/C17H18N4O5/c1-11-3-5-12(6-4-11)10-26-16-14(21(23)24)7-13(8-15(16)25-2)9-19-20-17(18)22/h3-9H,10H2,1-2H3,(H3,18,20,22)/b19-9-. The number of aryl methyl sites for hydroxylation is 1. The van der Waals surface area contributed by atoms with Crippen LogP contribution in [0.25, 0.3) is 0 Å². The van der Waals surface area contributed by atoms with E-state index in [1.807, 2.05) is 36.6 Å². The number of carbonyl (C=O) groups is 1. The van der Waals surface area contributed by atoms with Crippen molar-refractivity contribution in [2.45, 2.75) is 13.5 Å². The normalized spacial score (nSPS) is 10.5. The number of rotatable bonds is 7. The molecule has 0 aliphatic rings. The van der Waals surface area contributed by atoms with Crippen LogP contribution in [-0.4, -0.2) is 24.3 Å². The second kappa shape index (κ2) is 8.47. The Balaban J connectivity index is 2.31. The van der Waals surface area contributed by atoms with E-state index in [9.17, 15) is 14.9 Å². The van der Waals surface area contributed by atoms with Crippen molar-refractivity contribution in [1.82, 2.24) is 5.43 Å². The summed E-state index contributed by atoms with van der Waals surface area (Å²) in [7, 11) is 1.38. The van der Waals surface area contributed by atoms with Crippen molar-refractivity contribution in [3.8, 4) is 11.5 Å². The number of nitro groups is 1. The van der Waals surface area contributed by atoms with Crippen molar-refractivity contribution in [1.29, 1.82) is 0 Å². The highest BCUT2D eigenvalue weighted by molar-refractivity contribution is 5.84. The molecule has 0 aliphatic heterocycles. The first-order valence-electron chi connectivity index (χ1n) is 7.54. The number of benzene rings is 2. The second-order valence-electron chi connectivity index (χ2n) is 5.34. The molecule has 0 saturated carbocycles. The summed E-state index contributed by atoms with van der Waals surface area (Å²) in [5.74, 6) is 0.185. The fourth-order valence-electron chi connectivity index (χ4n) is 2.13. The van der Waals surface area contributed by atoms with Crippen LogP contribution in [0.1, 0.15) is 16.7 Å². The third kappa shape index (κ3) is 4.94. The van der Waals surface area contributed by atoms with Gasteiger partial charge in [0.15, 0.2) is 5.75 Å². The summed E-state index contributed by atoms with van der Waals surface area (Å²) in [5.41, 5.74) is 8.94. The van der Waals surface area contributed by atoms with E-state index in [2.05, 4.69) is 5.10 Å². The van der Waals surface area contributed by atoms with Crippen molar-refractivity contribution in [2.75, 3.05) is 7.11 Å². The van der Waals surface area contributed by atoms with Crippen molar-refractivity contribution in [3.05, 3.63) is 63.2 Å². The molecule has 0 spiro atoms. The third-order valence-electron chi connectivity index (χ3n) is 3.37. The molecule has 9 nitrogen and oxygen atoms in total. The zero-order chi connectivity index (χ0) is 19.1. The van der Waals surface area contributed by atoms with E-state index >= 15 is 0 Å². The Kier molecular flexibility index (Phi) is 6.10. The summed E-state index contributed by atoms with van der Waals surface area (Å²) < 4.78 is 10.9. The minimum Gasteiger partial charge on any atom is -0.493 e. The van der Waals surface area contributed by atoms with Gasteiger partial charge in [-0.15, -0.1) is 0 Å². The lowest BCUT2D eigenvalue weighted by atomic mass is 10.1. The Morgan fingerprint density at radius 2 is 2.04 bits per heavy atom. The number of ether oxygens (including phenoxy) is 2. The minimum absolute atomic E-state index is 0.0121. The molecule has 136 valence electrons. The van der Waals surface area contributed by atoms with Gasteiger partial charge in [0.05, 0.1) is 18.2 Å². The molecule has 0 aromatic heterocycles. The summed E-state index contributed by atoms with van der Waals surface area (Å²) in [4.78, 5) is 21.5. The smallest absolute Gasteiger partial charge is 0.332 e. The Morgan fingerprint density at radius 3 is 2.62 bits per heavy atom. The monoisotopic (exact) mass is 358 g/mol. The number of hydrazone groups is 1. The SMILES string of the molecule is COc1cc(/C=N\NC(N)=O)cc([N+](=O)[O-])c1OCc1ccc(C)cc1. The highest BCUT2D eigenvalue weighted by atomic mass is 16.6. The fraction of sp³-hybridized carbons (Fsp3) is 0.176. The fourth-order valence-corrected chi connectivity index (χ4v) is 2.13. The van der Waals surface area contributed by atoms with E-state index in [-0.39, 0.29) is 23.8 Å². The third-order valence-corrected chi connectivity index (χ3v) is 3.37. The van der Waals surface area contributed by atoms with E-state index < -0.39 is 11.0 Å². The first-order valence-corrected chi connectivity index (χ1v) is 7.54. The summed E-state index contributed by atoms with van der Waals surface area (Å²) >= 11 is 0. The molecule has 0 aliphatic carbocycles. The van der Waals surface area contributed by atoms with E-state index in [1.165, 1.54) is 25.5 Å². The molecule has 2 aromatic rings. The van der Waals surface area contributed by atoms with E-state index in [1.54, 1.807) is 0 Å². The number of urea groups is 1. The number of amides is 2. The van der Waals surface area contributed by atoms with Crippen LogP contribution in [-0.2, 0) is 6.61 Å². The first kappa shape index (κ1) is 18.7. The second-order valence-corrected chi connectivity index (χ2v) is 5.34. The summed E-state index contributed by atoms with van der Waals surface area (Å²) in [5, 5.41) is 15.0. The Morgan fingerprint density at radius 1 is 1.35 bits per heavy atom. The molecule has 0 radical (unpaired) electrons. The maximum atomic E-state index is 11.4. The van der Waals surface area contributed by atoms with E-state index in [0.717, 1.165) is 11.1 Å². The highest BCUT2D eigenvalue weighted by Crippen LogP contribution is 2.38. The summed E-state index contributed by atoms with van der Waals surface area (Å²) in [6.07, 6.45) is 1.21. The van der Waals surface area contributed by atoms with Gasteiger partial charge in [-0.05, 0) is 18.6 Å². The largest absolute Gasteiger partial charge is 0.493 e. The van der Waals surface area contributed by atoms with Gasteiger partial charge in [0.25, 0.3) is 0 Å². The number of nitro benzene ring substituents is 1. The van der Waals surface area contributed by atoms with Crippen LogP contribution in [0.3, 0.4) is 0 Å².